The first-order valence-corrected chi connectivity index (χ1v) is 13.1. The summed E-state index contributed by atoms with van der Waals surface area (Å²) in [7, 11) is 0. The first kappa shape index (κ1) is 25.8. The van der Waals surface area contributed by atoms with Crippen LogP contribution in [0.5, 0.6) is 0 Å². The van der Waals surface area contributed by atoms with E-state index in [1.54, 1.807) is 0 Å². The quantitative estimate of drug-likeness (QED) is 0.238. The van der Waals surface area contributed by atoms with Gasteiger partial charge in [0.25, 0.3) is 0 Å². The van der Waals surface area contributed by atoms with Crippen molar-refractivity contribution in [2.45, 2.75) is 67.2 Å². The van der Waals surface area contributed by atoms with Gasteiger partial charge >= 0.3 is 0 Å². The largest absolute Gasteiger partial charge is 0.0651 e. The van der Waals surface area contributed by atoms with Crippen molar-refractivity contribution in [3.63, 3.8) is 0 Å². The van der Waals surface area contributed by atoms with Crippen molar-refractivity contribution >= 4 is 10.8 Å². The van der Waals surface area contributed by atoms with Crippen LogP contribution in [0, 0.1) is 11.8 Å². The summed E-state index contributed by atoms with van der Waals surface area (Å²) in [6.07, 6.45) is 4.87. The number of hydrogen-bond donors (Lipinski definition) is 0. The average molecular weight is 451 g/mol. The van der Waals surface area contributed by atoms with E-state index in [0.29, 0.717) is 0 Å². The lowest BCUT2D eigenvalue weighted by molar-refractivity contribution is 0.626. The van der Waals surface area contributed by atoms with Crippen LogP contribution in [-0.4, -0.2) is 0 Å². The standard InChI is InChI=1S/C13H10.C12H10.C5H12.C4H10/c1-3-7-12-10(5-1)9-11-6-2-4-8-13(11)12;1-3-9-4-2-6-11-8-7-10(5-1)12(9)11;1-4-5(2)3;1-4(2)3/h1-8H,9H2;1-6H,7-8H2;5H,4H2,1-3H3;4H,1-3H3. The van der Waals surface area contributed by atoms with E-state index in [9.17, 15) is 0 Å². The molecule has 6 rings (SSSR count). The molecule has 0 aromatic heterocycles. The molecule has 0 nitrogen and oxygen atoms in total. The molecule has 0 unspecified atom stereocenters. The Labute approximate surface area is 208 Å². The highest BCUT2D eigenvalue weighted by Crippen LogP contribution is 2.35. The average Bonchev–Trinajstić information content (AvgIpc) is 3.43. The predicted octanol–water partition coefficient (Wildman–Crippen LogP) is 9.91. The number of rotatable bonds is 1. The van der Waals surface area contributed by atoms with Gasteiger partial charge in [-0.15, -0.1) is 0 Å². The number of fused-ring (bicyclic) bond motifs is 3. The monoisotopic (exact) mass is 450 g/mol. The van der Waals surface area contributed by atoms with Crippen LogP contribution in [0.2, 0.25) is 0 Å². The van der Waals surface area contributed by atoms with Crippen LogP contribution >= 0.6 is 0 Å². The van der Waals surface area contributed by atoms with Gasteiger partial charge in [-0.25, -0.2) is 0 Å². The Morgan fingerprint density at radius 3 is 1.35 bits per heavy atom. The van der Waals surface area contributed by atoms with Crippen molar-refractivity contribution in [3.8, 4) is 11.1 Å². The van der Waals surface area contributed by atoms with Gasteiger partial charge in [0.1, 0.15) is 0 Å². The van der Waals surface area contributed by atoms with Gasteiger partial charge in [0.15, 0.2) is 0 Å². The van der Waals surface area contributed by atoms with E-state index in [1.807, 2.05) is 0 Å². The molecule has 0 atom stereocenters. The van der Waals surface area contributed by atoms with Gasteiger partial charge < -0.3 is 0 Å². The Kier molecular flexibility index (Phi) is 9.52. The van der Waals surface area contributed by atoms with Crippen LogP contribution in [0.1, 0.15) is 70.2 Å². The first-order chi connectivity index (χ1) is 16.4. The minimum absolute atomic E-state index is 0.833. The van der Waals surface area contributed by atoms with Crippen molar-refractivity contribution in [1.82, 2.24) is 0 Å². The maximum absolute atomic E-state index is 2.25. The zero-order chi connectivity index (χ0) is 24.5. The van der Waals surface area contributed by atoms with Gasteiger partial charge in [-0.05, 0) is 75.3 Å². The van der Waals surface area contributed by atoms with E-state index >= 15 is 0 Å². The molecule has 0 aliphatic heterocycles. The molecule has 0 saturated carbocycles. The molecule has 4 aromatic carbocycles. The van der Waals surface area contributed by atoms with E-state index in [4.69, 9.17) is 0 Å². The lowest BCUT2D eigenvalue weighted by Gasteiger charge is -1.99. The first-order valence-electron chi connectivity index (χ1n) is 13.1. The topological polar surface area (TPSA) is 0 Å². The van der Waals surface area contributed by atoms with Crippen molar-refractivity contribution in [2.24, 2.45) is 11.8 Å². The van der Waals surface area contributed by atoms with Crippen molar-refractivity contribution < 1.29 is 0 Å². The fraction of sp³-hybridized carbons (Fsp3) is 0.353. The Balaban J connectivity index is 0.000000143. The van der Waals surface area contributed by atoms with Crippen LogP contribution < -0.4 is 0 Å². The number of aryl methyl sites for hydroxylation is 2. The zero-order valence-electron chi connectivity index (χ0n) is 22.1. The molecule has 2 aliphatic carbocycles. The van der Waals surface area contributed by atoms with E-state index < -0.39 is 0 Å². The third-order valence-corrected chi connectivity index (χ3v) is 6.26. The summed E-state index contributed by atoms with van der Waals surface area (Å²) in [5.41, 5.74) is 8.81. The molecule has 0 N–H and O–H groups in total. The third kappa shape index (κ3) is 6.83. The van der Waals surface area contributed by atoms with Crippen LogP contribution in [0.15, 0.2) is 84.9 Å². The van der Waals surface area contributed by atoms with Crippen LogP contribution in [-0.2, 0) is 19.3 Å². The molecule has 0 amide bonds. The third-order valence-electron chi connectivity index (χ3n) is 6.26. The fourth-order valence-electron chi connectivity index (χ4n) is 4.27. The molecule has 0 heterocycles. The Hall–Kier alpha value is -2.86. The molecular formula is C34H42. The van der Waals surface area contributed by atoms with Crippen LogP contribution in [0.4, 0.5) is 0 Å². The zero-order valence-corrected chi connectivity index (χ0v) is 22.1. The van der Waals surface area contributed by atoms with Crippen LogP contribution in [0.25, 0.3) is 21.9 Å². The van der Waals surface area contributed by atoms with Crippen molar-refractivity contribution in [2.75, 3.05) is 0 Å². The predicted molar refractivity (Wildman–Crippen MR) is 152 cm³/mol. The second-order valence-electron chi connectivity index (χ2n) is 10.5. The van der Waals surface area contributed by atoms with E-state index in [1.165, 1.54) is 63.4 Å². The van der Waals surface area contributed by atoms with Gasteiger partial charge in [-0.2, -0.15) is 0 Å². The second kappa shape index (κ2) is 12.6. The molecule has 0 heteroatoms. The van der Waals surface area contributed by atoms with Crippen molar-refractivity contribution in [1.29, 1.82) is 0 Å². The Bertz CT molecular complexity index is 1090. The van der Waals surface area contributed by atoms with Gasteiger partial charge in [0, 0.05) is 0 Å². The van der Waals surface area contributed by atoms with E-state index in [0.717, 1.165) is 18.3 Å². The molecular weight excluding hydrogens is 408 g/mol. The summed E-state index contributed by atoms with van der Waals surface area (Å²) in [6, 6.07) is 30.5. The minimum Gasteiger partial charge on any atom is -0.0651 e. The van der Waals surface area contributed by atoms with E-state index in [2.05, 4.69) is 126 Å². The highest BCUT2D eigenvalue weighted by Gasteiger charge is 2.16. The summed E-state index contributed by atoms with van der Waals surface area (Å²) in [4.78, 5) is 0. The lowest BCUT2D eigenvalue weighted by Crippen LogP contribution is -1.77. The molecule has 0 spiro atoms. The summed E-state index contributed by atoms with van der Waals surface area (Å²) < 4.78 is 0. The van der Waals surface area contributed by atoms with Crippen molar-refractivity contribution in [3.05, 3.63) is 107 Å². The summed E-state index contributed by atoms with van der Waals surface area (Å²) >= 11 is 0. The van der Waals surface area contributed by atoms with Gasteiger partial charge in [0.05, 0.1) is 0 Å². The molecule has 0 fully saturated rings. The molecule has 0 bridgehead atoms. The number of benzene rings is 4. The maximum atomic E-state index is 2.25. The highest BCUT2D eigenvalue weighted by atomic mass is 14.2. The SMILES string of the molecule is CC(C)C.CCC(C)C.c1cc2c3c(cccc3c1)CC2.c1ccc2c(c1)Cc1ccccc1-2. The summed E-state index contributed by atoms with van der Waals surface area (Å²) in [6.45, 7) is 13.1. The van der Waals surface area contributed by atoms with Gasteiger partial charge in [-0.3, -0.25) is 0 Å². The number of hydrogen-bond acceptors (Lipinski definition) is 0. The minimum atomic E-state index is 0.833. The highest BCUT2D eigenvalue weighted by molar-refractivity contribution is 5.90. The lowest BCUT2D eigenvalue weighted by atomic mass is 10.1. The molecule has 178 valence electrons. The fourth-order valence-corrected chi connectivity index (χ4v) is 4.27. The van der Waals surface area contributed by atoms with Gasteiger partial charge in [-0.1, -0.05) is 133 Å². The molecule has 0 radical (unpaired) electrons. The Morgan fingerprint density at radius 1 is 0.559 bits per heavy atom. The Morgan fingerprint density at radius 2 is 0.941 bits per heavy atom. The molecule has 34 heavy (non-hydrogen) atoms. The summed E-state index contributed by atoms with van der Waals surface area (Å²) in [5, 5.41) is 2.92. The van der Waals surface area contributed by atoms with E-state index in [-0.39, 0.29) is 0 Å². The molecule has 2 aliphatic rings. The molecule has 4 aromatic rings. The molecule has 0 saturated heterocycles. The second-order valence-corrected chi connectivity index (χ2v) is 10.5. The maximum Gasteiger partial charge on any atom is -0.00135 e. The van der Waals surface area contributed by atoms with Gasteiger partial charge in [0.2, 0.25) is 0 Å². The normalized spacial score (nSPS) is 12.1. The summed E-state index contributed by atoms with van der Waals surface area (Å²) in [5.74, 6) is 1.72. The van der Waals surface area contributed by atoms with Crippen LogP contribution in [0.3, 0.4) is 0 Å². The smallest absolute Gasteiger partial charge is 0.00135 e.